The molecule has 1 atom stereocenters. The number of carbonyl (C=O) groups is 2. The maximum atomic E-state index is 12.5. The fraction of sp³-hybridized carbons (Fsp3) is 0.722. The van der Waals surface area contributed by atoms with Crippen molar-refractivity contribution >= 4 is 28.3 Å². The van der Waals surface area contributed by atoms with Crippen LogP contribution in [0.15, 0.2) is 5.38 Å². The van der Waals surface area contributed by atoms with Gasteiger partial charge in [-0.25, -0.2) is 4.98 Å². The van der Waals surface area contributed by atoms with Gasteiger partial charge in [-0.1, -0.05) is 0 Å². The summed E-state index contributed by atoms with van der Waals surface area (Å²) in [5.74, 6) is 0.632. The number of ether oxygens (including phenoxy) is 1. The number of anilines is 1. The minimum atomic E-state index is 0.00973. The molecule has 2 saturated heterocycles. The molecule has 3 heterocycles. The Balaban J connectivity index is 1.34. The lowest BCUT2D eigenvalue weighted by molar-refractivity contribution is -0.122. The van der Waals surface area contributed by atoms with Crippen molar-refractivity contribution in [2.24, 2.45) is 5.92 Å². The van der Waals surface area contributed by atoms with Gasteiger partial charge in [-0.3, -0.25) is 9.59 Å². The van der Waals surface area contributed by atoms with Crippen LogP contribution in [0.4, 0.5) is 5.13 Å². The summed E-state index contributed by atoms with van der Waals surface area (Å²) in [5, 5.41) is 8.50. The molecular formula is C18H28N4O3S. The molecule has 0 bridgehead atoms. The van der Waals surface area contributed by atoms with Crippen LogP contribution in [-0.4, -0.2) is 61.1 Å². The molecule has 7 nitrogen and oxygen atoms in total. The zero-order valence-corrected chi connectivity index (χ0v) is 16.1. The quantitative estimate of drug-likeness (QED) is 0.757. The largest absolute Gasteiger partial charge is 0.376 e. The van der Waals surface area contributed by atoms with Gasteiger partial charge in [-0.05, 0) is 38.0 Å². The number of likely N-dealkylation sites (tertiary alicyclic amines) is 1. The summed E-state index contributed by atoms with van der Waals surface area (Å²) in [6.45, 7) is 2.93. The standard InChI is InChI=1S/C18H28N4O3S/c1-19-18-21-15(12-26-18)17(24)22-8-6-13(7-9-22)4-5-16(23)20-11-14-3-2-10-25-14/h12-14H,2-11H2,1H3,(H,19,21)(H,20,23)/t14-/m1/s1. The number of thiazole rings is 1. The van der Waals surface area contributed by atoms with Crippen molar-refractivity contribution in [3.05, 3.63) is 11.1 Å². The Labute approximate surface area is 158 Å². The Hall–Kier alpha value is -1.67. The average molecular weight is 381 g/mol. The van der Waals surface area contributed by atoms with Gasteiger partial charge < -0.3 is 20.3 Å². The molecule has 0 unspecified atom stereocenters. The van der Waals surface area contributed by atoms with Crippen molar-refractivity contribution in [2.45, 2.75) is 44.6 Å². The SMILES string of the molecule is CNc1nc(C(=O)N2CCC(CCC(=O)NC[C@H]3CCCO3)CC2)cs1. The van der Waals surface area contributed by atoms with Crippen molar-refractivity contribution in [2.75, 3.05) is 38.6 Å². The second-order valence-electron chi connectivity index (χ2n) is 7.00. The molecule has 0 radical (unpaired) electrons. The van der Waals surface area contributed by atoms with Gasteiger partial charge in [0.05, 0.1) is 6.10 Å². The first-order valence-corrected chi connectivity index (χ1v) is 10.3. The van der Waals surface area contributed by atoms with E-state index in [0.717, 1.165) is 56.9 Å². The third kappa shape index (κ3) is 5.17. The van der Waals surface area contributed by atoms with Crippen LogP contribution in [-0.2, 0) is 9.53 Å². The summed E-state index contributed by atoms with van der Waals surface area (Å²) in [7, 11) is 1.80. The monoisotopic (exact) mass is 380 g/mol. The highest BCUT2D eigenvalue weighted by Gasteiger charge is 2.25. The minimum absolute atomic E-state index is 0.00973. The Morgan fingerprint density at radius 3 is 2.81 bits per heavy atom. The van der Waals surface area contributed by atoms with Crippen molar-refractivity contribution in [1.82, 2.24) is 15.2 Å². The molecule has 2 N–H and O–H groups in total. The van der Waals surface area contributed by atoms with Crippen LogP contribution < -0.4 is 10.6 Å². The van der Waals surface area contributed by atoms with E-state index in [0.29, 0.717) is 24.6 Å². The highest BCUT2D eigenvalue weighted by atomic mass is 32.1. The van der Waals surface area contributed by atoms with Crippen LogP contribution >= 0.6 is 11.3 Å². The summed E-state index contributed by atoms with van der Waals surface area (Å²) in [6.07, 6.45) is 5.68. The normalized spacial score (nSPS) is 21.0. The Morgan fingerprint density at radius 2 is 2.15 bits per heavy atom. The van der Waals surface area contributed by atoms with E-state index in [4.69, 9.17) is 4.74 Å². The number of rotatable bonds is 7. The number of carbonyl (C=O) groups excluding carboxylic acids is 2. The molecule has 2 amide bonds. The topological polar surface area (TPSA) is 83.6 Å². The summed E-state index contributed by atoms with van der Waals surface area (Å²) < 4.78 is 5.52. The Morgan fingerprint density at radius 1 is 1.35 bits per heavy atom. The molecule has 2 aliphatic heterocycles. The fourth-order valence-electron chi connectivity index (χ4n) is 3.53. The molecule has 1 aromatic heterocycles. The van der Waals surface area contributed by atoms with Crippen LogP contribution in [0.1, 0.15) is 49.0 Å². The predicted octanol–water partition coefficient (Wildman–Crippen LogP) is 2.11. The maximum absolute atomic E-state index is 12.5. The van der Waals surface area contributed by atoms with E-state index >= 15 is 0 Å². The molecule has 1 aromatic rings. The van der Waals surface area contributed by atoms with Gasteiger partial charge >= 0.3 is 0 Å². The molecule has 0 spiro atoms. The highest BCUT2D eigenvalue weighted by Crippen LogP contribution is 2.24. The second kappa shape index (κ2) is 9.32. The van der Waals surface area contributed by atoms with E-state index in [1.54, 1.807) is 12.4 Å². The zero-order valence-electron chi connectivity index (χ0n) is 15.3. The number of nitrogens with zero attached hydrogens (tertiary/aromatic N) is 2. The lowest BCUT2D eigenvalue weighted by Crippen LogP contribution is -2.39. The lowest BCUT2D eigenvalue weighted by Gasteiger charge is -2.31. The van der Waals surface area contributed by atoms with Crippen LogP contribution in [0.25, 0.3) is 0 Å². The molecule has 0 saturated carbocycles. The van der Waals surface area contributed by atoms with Crippen molar-refractivity contribution in [3.63, 3.8) is 0 Å². The number of piperidine rings is 1. The molecule has 0 aromatic carbocycles. The second-order valence-corrected chi connectivity index (χ2v) is 7.86. The van der Waals surface area contributed by atoms with Gasteiger partial charge in [-0.15, -0.1) is 11.3 Å². The van der Waals surface area contributed by atoms with E-state index in [2.05, 4.69) is 15.6 Å². The number of hydrogen-bond donors (Lipinski definition) is 2. The molecule has 26 heavy (non-hydrogen) atoms. The third-order valence-electron chi connectivity index (χ3n) is 5.17. The van der Waals surface area contributed by atoms with Gasteiger partial charge in [-0.2, -0.15) is 0 Å². The van der Waals surface area contributed by atoms with E-state index in [1.165, 1.54) is 11.3 Å². The van der Waals surface area contributed by atoms with Gasteiger partial charge in [0.25, 0.3) is 5.91 Å². The van der Waals surface area contributed by atoms with Crippen LogP contribution in [0, 0.1) is 5.92 Å². The summed E-state index contributed by atoms with van der Waals surface area (Å²) in [5.41, 5.74) is 0.520. The Bertz CT molecular complexity index is 607. The molecule has 3 rings (SSSR count). The van der Waals surface area contributed by atoms with Gasteiger partial charge in [0.1, 0.15) is 5.69 Å². The summed E-state index contributed by atoms with van der Waals surface area (Å²) in [4.78, 5) is 30.6. The highest BCUT2D eigenvalue weighted by molar-refractivity contribution is 7.13. The van der Waals surface area contributed by atoms with Crippen molar-refractivity contribution in [3.8, 4) is 0 Å². The van der Waals surface area contributed by atoms with E-state index < -0.39 is 0 Å². The minimum Gasteiger partial charge on any atom is -0.376 e. The smallest absolute Gasteiger partial charge is 0.273 e. The number of hydrogen-bond acceptors (Lipinski definition) is 6. The number of aromatic nitrogens is 1. The predicted molar refractivity (Wildman–Crippen MR) is 102 cm³/mol. The van der Waals surface area contributed by atoms with Crippen molar-refractivity contribution in [1.29, 1.82) is 0 Å². The Kier molecular flexibility index (Phi) is 6.85. The molecule has 8 heteroatoms. The number of nitrogens with one attached hydrogen (secondary N) is 2. The first kappa shape index (κ1) is 19.1. The molecular weight excluding hydrogens is 352 g/mol. The van der Waals surface area contributed by atoms with Gasteiger partial charge in [0.2, 0.25) is 5.91 Å². The molecule has 144 valence electrons. The summed E-state index contributed by atoms with van der Waals surface area (Å²) >= 11 is 1.44. The first-order chi connectivity index (χ1) is 12.7. The average Bonchev–Trinajstić information content (AvgIpc) is 3.36. The van der Waals surface area contributed by atoms with Gasteiger partial charge in [0.15, 0.2) is 5.13 Å². The fourth-order valence-corrected chi connectivity index (χ4v) is 4.18. The number of amides is 2. The van der Waals surface area contributed by atoms with E-state index in [1.807, 2.05) is 4.90 Å². The van der Waals surface area contributed by atoms with Crippen LogP contribution in [0.2, 0.25) is 0 Å². The van der Waals surface area contributed by atoms with Crippen LogP contribution in [0.3, 0.4) is 0 Å². The maximum Gasteiger partial charge on any atom is 0.273 e. The van der Waals surface area contributed by atoms with E-state index in [-0.39, 0.29) is 17.9 Å². The van der Waals surface area contributed by atoms with Gasteiger partial charge in [0, 0.05) is 45.1 Å². The summed E-state index contributed by atoms with van der Waals surface area (Å²) in [6, 6.07) is 0. The first-order valence-electron chi connectivity index (χ1n) is 9.46. The van der Waals surface area contributed by atoms with Crippen molar-refractivity contribution < 1.29 is 14.3 Å². The lowest BCUT2D eigenvalue weighted by atomic mass is 9.92. The molecule has 2 aliphatic rings. The molecule has 0 aliphatic carbocycles. The zero-order chi connectivity index (χ0) is 18.4. The van der Waals surface area contributed by atoms with E-state index in [9.17, 15) is 9.59 Å². The third-order valence-corrected chi connectivity index (χ3v) is 6.03. The van der Waals surface area contributed by atoms with Crippen LogP contribution in [0.5, 0.6) is 0 Å². The molecule has 2 fully saturated rings.